The fourth-order valence-electron chi connectivity index (χ4n) is 4.20. The topological polar surface area (TPSA) is 95.8 Å². The highest BCUT2D eigenvalue weighted by Gasteiger charge is 2.16. The maximum absolute atomic E-state index is 13.0. The molecule has 5 aromatic rings. The lowest BCUT2D eigenvalue weighted by atomic mass is 10.0. The number of aromatic nitrogens is 4. The van der Waals surface area contributed by atoms with Gasteiger partial charge in [-0.3, -0.25) is 19.3 Å². The second-order valence-electron chi connectivity index (χ2n) is 8.76. The first-order valence-corrected chi connectivity index (χ1v) is 11.4. The summed E-state index contributed by atoms with van der Waals surface area (Å²) in [5, 5.41) is 1.06. The fourth-order valence-corrected chi connectivity index (χ4v) is 4.20. The van der Waals surface area contributed by atoms with Crippen LogP contribution in [-0.4, -0.2) is 25.0 Å². The SMILES string of the molecule is CC(Cc1ccc(-n2c(-c3cc(-c4cnc5ccccc5c4)ccn3)cn(C)c2=O)cc1)C(N)=O. The Balaban J connectivity index is 1.54. The molecule has 3 aromatic heterocycles. The molecule has 7 heteroatoms. The number of nitrogens with two attached hydrogens (primary N) is 1. The molecule has 0 spiro atoms. The second-order valence-corrected chi connectivity index (χ2v) is 8.76. The Kier molecular flexibility index (Phi) is 5.74. The van der Waals surface area contributed by atoms with Crippen LogP contribution in [-0.2, 0) is 18.3 Å². The summed E-state index contributed by atoms with van der Waals surface area (Å²) in [6.07, 6.45) is 5.94. The van der Waals surface area contributed by atoms with E-state index in [9.17, 15) is 9.59 Å². The smallest absolute Gasteiger partial charge is 0.333 e. The molecule has 2 N–H and O–H groups in total. The number of hydrogen-bond donors (Lipinski definition) is 1. The van der Waals surface area contributed by atoms with Crippen LogP contribution in [0, 0.1) is 5.92 Å². The molecule has 0 aliphatic heterocycles. The first-order chi connectivity index (χ1) is 16.9. The molecule has 0 radical (unpaired) electrons. The zero-order chi connectivity index (χ0) is 24.5. The summed E-state index contributed by atoms with van der Waals surface area (Å²) in [5.74, 6) is -0.587. The first-order valence-electron chi connectivity index (χ1n) is 11.4. The van der Waals surface area contributed by atoms with Crippen molar-refractivity contribution in [3.05, 3.63) is 101 Å². The van der Waals surface area contributed by atoms with Crippen molar-refractivity contribution in [2.75, 3.05) is 0 Å². The van der Waals surface area contributed by atoms with Crippen molar-refractivity contribution >= 4 is 16.8 Å². The lowest BCUT2D eigenvalue weighted by molar-refractivity contribution is -0.121. The number of hydrogen-bond acceptors (Lipinski definition) is 4. The average Bonchev–Trinajstić information content (AvgIpc) is 3.18. The van der Waals surface area contributed by atoms with Crippen molar-refractivity contribution in [1.82, 2.24) is 19.1 Å². The molecule has 35 heavy (non-hydrogen) atoms. The molecule has 3 heterocycles. The normalized spacial score (nSPS) is 12.1. The van der Waals surface area contributed by atoms with Crippen LogP contribution in [0.4, 0.5) is 0 Å². The Hall–Kier alpha value is -4.52. The minimum atomic E-state index is -0.330. The third-order valence-electron chi connectivity index (χ3n) is 6.22. The lowest BCUT2D eigenvalue weighted by Crippen LogP contribution is -2.22. The molecule has 1 atom stereocenters. The Labute approximate surface area is 202 Å². The van der Waals surface area contributed by atoms with Crippen molar-refractivity contribution in [2.24, 2.45) is 18.7 Å². The monoisotopic (exact) mass is 463 g/mol. The van der Waals surface area contributed by atoms with E-state index in [0.29, 0.717) is 17.8 Å². The van der Waals surface area contributed by atoms with Crippen LogP contribution >= 0.6 is 0 Å². The van der Waals surface area contributed by atoms with Gasteiger partial charge in [-0.15, -0.1) is 0 Å². The number of rotatable bonds is 6. The van der Waals surface area contributed by atoms with E-state index in [1.165, 1.54) is 0 Å². The Bertz CT molecular complexity index is 1600. The highest BCUT2D eigenvalue weighted by molar-refractivity contribution is 5.84. The molecular formula is C28H25N5O2. The number of nitrogens with zero attached hydrogens (tertiary/aromatic N) is 4. The molecule has 0 saturated heterocycles. The summed E-state index contributed by atoms with van der Waals surface area (Å²) in [6.45, 7) is 1.81. The molecule has 7 nitrogen and oxygen atoms in total. The molecule has 174 valence electrons. The van der Waals surface area contributed by atoms with Gasteiger partial charge in [0.2, 0.25) is 5.91 Å². The van der Waals surface area contributed by atoms with E-state index in [-0.39, 0.29) is 17.5 Å². The Morgan fingerprint density at radius 3 is 2.54 bits per heavy atom. The van der Waals surface area contributed by atoms with Crippen molar-refractivity contribution in [3.8, 4) is 28.2 Å². The van der Waals surface area contributed by atoms with Crippen LogP contribution < -0.4 is 11.4 Å². The van der Waals surface area contributed by atoms with Gasteiger partial charge >= 0.3 is 5.69 Å². The Morgan fingerprint density at radius 1 is 1.00 bits per heavy atom. The summed E-state index contributed by atoms with van der Waals surface area (Å²) in [6, 6.07) is 21.6. The standard InChI is InChI=1S/C28H25N5O2/c1-18(27(29)34)13-19-7-9-23(10-8-19)33-26(17-32(2)28(33)35)25-15-20(11-12-30-25)22-14-21-5-3-4-6-24(21)31-16-22/h3-12,14-18H,13H2,1-2H3,(H2,29,34). The van der Waals surface area contributed by atoms with Gasteiger partial charge in [0.25, 0.3) is 0 Å². The zero-order valence-electron chi connectivity index (χ0n) is 19.6. The number of pyridine rings is 2. The second kappa shape index (κ2) is 9.02. The van der Waals surface area contributed by atoms with Gasteiger partial charge in [-0.2, -0.15) is 0 Å². The van der Waals surface area contributed by atoms with Crippen LogP contribution in [0.2, 0.25) is 0 Å². The molecule has 0 aliphatic rings. The average molecular weight is 464 g/mol. The van der Waals surface area contributed by atoms with Crippen LogP contribution in [0.3, 0.4) is 0 Å². The predicted molar refractivity (Wildman–Crippen MR) is 137 cm³/mol. The molecule has 1 unspecified atom stereocenters. The highest BCUT2D eigenvalue weighted by atomic mass is 16.2. The van der Waals surface area contributed by atoms with Gasteiger partial charge < -0.3 is 10.3 Å². The molecular weight excluding hydrogens is 438 g/mol. The number of para-hydroxylation sites is 1. The molecule has 0 aliphatic carbocycles. The van der Waals surface area contributed by atoms with E-state index in [0.717, 1.165) is 33.3 Å². The van der Waals surface area contributed by atoms with Crippen molar-refractivity contribution in [1.29, 1.82) is 0 Å². The van der Waals surface area contributed by atoms with Gasteiger partial charge in [-0.25, -0.2) is 4.79 Å². The van der Waals surface area contributed by atoms with E-state index >= 15 is 0 Å². The van der Waals surface area contributed by atoms with Crippen LogP contribution in [0.25, 0.3) is 39.1 Å². The minimum absolute atomic E-state index is 0.169. The van der Waals surface area contributed by atoms with Crippen LogP contribution in [0.1, 0.15) is 12.5 Å². The maximum Gasteiger partial charge on any atom is 0.333 e. The number of amides is 1. The number of carbonyl (C=O) groups is 1. The third-order valence-corrected chi connectivity index (χ3v) is 6.22. The number of imidazole rings is 1. The fraction of sp³-hybridized carbons (Fsp3) is 0.143. The van der Waals surface area contributed by atoms with Crippen molar-refractivity contribution in [2.45, 2.75) is 13.3 Å². The number of aryl methyl sites for hydroxylation is 1. The van der Waals surface area contributed by atoms with Crippen molar-refractivity contribution in [3.63, 3.8) is 0 Å². The van der Waals surface area contributed by atoms with E-state index in [1.54, 1.807) is 35.5 Å². The van der Waals surface area contributed by atoms with E-state index in [4.69, 9.17) is 5.73 Å². The zero-order valence-corrected chi connectivity index (χ0v) is 19.6. The molecule has 0 bridgehead atoms. The summed E-state index contributed by atoms with van der Waals surface area (Å²) < 4.78 is 3.19. The number of primary amides is 1. The molecule has 5 rings (SSSR count). The number of carbonyl (C=O) groups excluding carboxylic acids is 1. The number of fused-ring (bicyclic) bond motifs is 1. The van der Waals surface area contributed by atoms with Gasteiger partial charge in [-0.05, 0) is 53.9 Å². The lowest BCUT2D eigenvalue weighted by Gasteiger charge is -2.11. The minimum Gasteiger partial charge on any atom is -0.369 e. The summed E-state index contributed by atoms with van der Waals surface area (Å²) >= 11 is 0. The third kappa shape index (κ3) is 4.36. The summed E-state index contributed by atoms with van der Waals surface area (Å²) in [7, 11) is 1.72. The Morgan fingerprint density at radius 2 is 1.77 bits per heavy atom. The molecule has 1 amide bonds. The van der Waals surface area contributed by atoms with Gasteiger partial charge in [0.15, 0.2) is 0 Å². The summed E-state index contributed by atoms with van der Waals surface area (Å²) in [4.78, 5) is 33.6. The van der Waals surface area contributed by atoms with Crippen molar-refractivity contribution < 1.29 is 4.79 Å². The largest absolute Gasteiger partial charge is 0.369 e. The molecule has 0 saturated carbocycles. The quantitative estimate of drug-likeness (QED) is 0.410. The summed E-state index contributed by atoms with van der Waals surface area (Å²) in [5.41, 5.74) is 11.2. The molecule has 0 fully saturated rings. The van der Waals surface area contributed by atoms with Gasteiger partial charge in [-0.1, -0.05) is 37.3 Å². The van der Waals surface area contributed by atoms with E-state index in [1.807, 2.05) is 66.9 Å². The number of benzene rings is 2. The molecule has 2 aromatic carbocycles. The highest BCUT2D eigenvalue weighted by Crippen LogP contribution is 2.27. The first kappa shape index (κ1) is 22.3. The van der Waals surface area contributed by atoms with Gasteiger partial charge in [0.05, 0.1) is 22.6 Å². The van der Waals surface area contributed by atoms with E-state index in [2.05, 4.69) is 16.0 Å². The maximum atomic E-state index is 13.0. The van der Waals surface area contributed by atoms with Crippen LogP contribution in [0.5, 0.6) is 0 Å². The van der Waals surface area contributed by atoms with Crippen LogP contribution in [0.15, 0.2) is 90.1 Å². The van der Waals surface area contributed by atoms with Gasteiger partial charge in [0.1, 0.15) is 0 Å². The van der Waals surface area contributed by atoms with Gasteiger partial charge in [0, 0.05) is 42.5 Å². The van der Waals surface area contributed by atoms with E-state index < -0.39 is 0 Å². The predicted octanol–water partition coefficient (Wildman–Crippen LogP) is 4.12.